The molecule has 0 radical (unpaired) electrons. The number of rotatable bonds is 8. The van der Waals surface area contributed by atoms with Crippen molar-refractivity contribution < 1.29 is 23.9 Å². The molecule has 0 bridgehead atoms. The second-order valence-electron chi connectivity index (χ2n) is 7.56. The second kappa shape index (κ2) is 9.95. The maximum absolute atomic E-state index is 12.4. The summed E-state index contributed by atoms with van der Waals surface area (Å²) in [4.78, 5) is 27.4. The average molecular weight is 503 g/mol. The average Bonchev–Trinajstić information content (AvgIpc) is 3.07. The molecule has 1 heterocycles. The highest BCUT2D eigenvalue weighted by Gasteiger charge is 2.26. The molecule has 9 heteroatoms. The van der Waals surface area contributed by atoms with E-state index >= 15 is 0 Å². The number of nitro groups is 1. The summed E-state index contributed by atoms with van der Waals surface area (Å²) in [6.07, 6.45) is 1.57. The van der Waals surface area contributed by atoms with Crippen LogP contribution in [0.1, 0.15) is 37.5 Å². The highest BCUT2D eigenvalue weighted by molar-refractivity contribution is 9.10. The van der Waals surface area contributed by atoms with Crippen LogP contribution in [0.2, 0.25) is 0 Å². The summed E-state index contributed by atoms with van der Waals surface area (Å²) in [7, 11) is 0. The van der Waals surface area contributed by atoms with Crippen molar-refractivity contribution in [1.82, 2.24) is 0 Å². The summed E-state index contributed by atoms with van der Waals surface area (Å²) < 4.78 is 17.5. The maximum Gasteiger partial charge on any atom is 0.363 e. The Bertz CT molecular complexity index is 1120. The van der Waals surface area contributed by atoms with Crippen molar-refractivity contribution in [3.8, 4) is 11.5 Å². The quantitative estimate of drug-likeness (QED) is 0.206. The second-order valence-corrected chi connectivity index (χ2v) is 8.42. The number of halogens is 1. The summed E-state index contributed by atoms with van der Waals surface area (Å²) in [5.74, 6) is 0.853. The molecule has 2 aromatic rings. The van der Waals surface area contributed by atoms with Gasteiger partial charge < -0.3 is 14.2 Å². The lowest BCUT2D eigenvalue weighted by Gasteiger charge is -2.16. The number of esters is 1. The maximum atomic E-state index is 12.4. The summed E-state index contributed by atoms with van der Waals surface area (Å²) in [6, 6.07) is 8.11. The van der Waals surface area contributed by atoms with Crippen LogP contribution in [0.25, 0.3) is 6.08 Å². The number of hydrogen-bond donors (Lipinski definition) is 0. The van der Waals surface area contributed by atoms with Crippen molar-refractivity contribution in [3.05, 3.63) is 67.3 Å². The zero-order valence-electron chi connectivity index (χ0n) is 18.2. The van der Waals surface area contributed by atoms with E-state index in [1.807, 2.05) is 6.92 Å². The number of cyclic esters (lactones) is 1. The summed E-state index contributed by atoms with van der Waals surface area (Å²) >= 11 is 3.51. The van der Waals surface area contributed by atoms with E-state index in [0.29, 0.717) is 51.8 Å². The SMILES string of the molecule is CCOc1cc(/C=C2\N=C(c3ccc(C)c([N+](=O)[O-])c3)OC2=O)cc(Br)c1OCC(C)C. The number of aliphatic imine (C=N–C) groups is 1. The smallest absolute Gasteiger partial charge is 0.363 e. The van der Waals surface area contributed by atoms with Gasteiger partial charge in [0, 0.05) is 17.2 Å². The van der Waals surface area contributed by atoms with Crippen LogP contribution in [0.4, 0.5) is 5.69 Å². The van der Waals surface area contributed by atoms with Gasteiger partial charge in [0.2, 0.25) is 5.90 Å². The third-order valence-electron chi connectivity index (χ3n) is 4.47. The van der Waals surface area contributed by atoms with E-state index in [1.165, 1.54) is 6.07 Å². The number of carbonyl (C=O) groups excluding carboxylic acids is 1. The molecule has 0 aromatic heterocycles. The highest BCUT2D eigenvalue weighted by atomic mass is 79.9. The molecule has 1 aliphatic heterocycles. The Kier molecular flexibility index (Phi) is 7.29. The monoisotopic (exact) mass is 502 g/mol. The van der Waals surface area contributed by atoms with Crippen molar-refractivity contribution in [3.63, 3.8) is 0 Å². The fourth-order valence-corrected chi connectivity index (χ4v) is 3.53. The van der Waals surface area contributed by atoms with Crippen molar-refractivity contribution in [2.24, 2.45) is 10.9 Å². The molecular formula is C23H23BrN2O6. The van der Waals surface area contributed by atoms with Crippen LogP contribution in [0.3, 0.4) is 0 Å². The van der Waals surface area contributed by atoms with E-state index in [2.05, 4.69) is 34.8 Å². The molecule has 0 atom stereocenters. The van der Waals surface area contributed by atoms with Crippen LogP contribution in [0.5, 0.6) is 11.5 Å². The Morgan fingerprint density at radius 1 is 1.25 bits per heavy atom. The van der Waals surface area contributed by atoms with Crippen molar-refractivity contribution in [1.29, 1.82) is 0 Å². The fraction of sp³-hybridized carbons (Fsp3) is 0.304. The first kappa shape index (κ1) is 23.5. The van der Waals surface area contributed by atoms with Crippen molar-refractivity contribution in [2.45, 2.75) is 27.7 Å². The standard InChI is InChI=1S/C23H23BrN2O6/c1-5-30-20-10-15(8-17(24)21(20)31-12-13(2)3)9-18-23(27)32-22(25-18)16-7-6-14(4)19(11-16)26(28)29/h6-11,13H,5,12H2,1-4H3/b18-9-. The fourth-order valence-electron chi connectivity index (χ4n) is 2.95. The number of aryl methyl sites for hydroxylation is 1. The highest BCUT2D eigenvalue weighted by Crippen LogP contribution is 2.38. The van der Waals surface area contributed by atoms with Crippen LogP contribution in [0, 0.1) is 23.0 Å². The first-order valence-electron chi connectivity index (χ1n) is 10.1. The molecule has 0 fully saturated rings. The van der Waals surface area contributed by atoms with Gasteiger partial charge in [0.1, 0.15) is 0 Å². The van der Waals surface area contributed by atoms with Gasteiger partial charge in [-0.25, -0.2) is 9.79 Å². The summed E-state index contributed by atoms with van der Waals surface area (Å²) in [6.45, 7) is 8.59. The normalized spacial score (nSPS) is 14.5. The molecule has 3 rings (SSSR count). The van der Waals surface area contributed by atoms with Gasteiger partial charge >= 0.3 is 5.97 Å². The van der Waals surface area contributed by atoms with Gasteiger partial charge in [-0.15, -0.1) is 0 Å². The molecule has 32 heavy (non-hydrogen) atoms. The topological polar surface area (TPSA) is 100 Å². The van der Waals surface area contributed by atoms with Crippen molar-refractivity contribution in [2.75, 3.05) is 13.2 Å². The van der Waals surface area contributed by atoms with Crippen LogP contribution in [0.15, 0.2) is 45.5 Å². The van der Waals surface area contributed by atoms with Crippen LogP contribution < -0.4 is 9.47 Å². The minimum absolute atomic E-state index is 0.0188. The Balaban J connectivity index is 1.95. The molecule has 0 saturated carbocycles. The molecular weight excluding hydrogens is 480 g/mol. The summed E-state index contributed by atoms with van der Waals surface area (Å²) in [5.41, 5.74) is 1.53. The first-order chi connectivity index (χ1) is 15.2. The third-order valence-corrected chi connectivity index (χ3v) is 5.06. The Morgan fingerprint density at radius 2 is 2.00 bits per heavy atom. The minimum Gasteiger partial charge on any atom is -0.490 e. The predicted octanol–water partition coefficient (Wildman–Crippen LogP) is 5.44. The molecule has 2 aromatic carbocycles. The lowest BCUT2D eigenvalue weighted by Crippen LogP contribution is -2.07. The molecule has 0 amide bonds. The Labute approximate surface area is 194 Å². The number of carbonyl (C=O) groups is 1. The molecule has 0 spiro atoms. The van der Waals surface area contributed by atoms with Gasteiger partial charge in [-0.05, 0) is 65.5 Å². The van der Waals surface area contributed by atoms with Gasteiger partial charge in [-0.3, -0.25) is 10.1 Å². The lowest BCUT2D eigenvalue weighted by molar-refractivity contribution is -0.385. The third kappa shape index (κ3) is 5.34. The number of benzene rings is 2. The lowest BCUT2D eigenvalue weighted by atomic mass is 10.1. The van der Waals surface area contributed by atoms with E-state index in [1.54, 1.807) is 37.3 Å². The number of hydrogen-bond acceptors (Lipinski definition) is 7. The van der Waals surface area contributed by atoms with Gasteiger partial charge in [0.05, 0.1) is 22.6 Å². The minimum atomic E-state index is -0.641. The van der Waals surface area contributed by atoms with Crippen molar-refractivity contribution >= 4 is 39.6 Å². The molecule has 8 nitrogen and oxygen atoms in total. The Hall–Kier alpha value is -3.20. The predicted molar refractivity (Wildman–Crippen MR) is 124 cm³/mol. The van der Waals surface area contributed by atoms with Crippen LogP contribution in [-0.2, 0) is 9.53 Å². The molecule has 0 saturated heterocycles. The van der Waals surface area contributed by atoms with Gasteiger partial charge in [0.15, 0.2) is 17.2 Å². The molecule has 0 N–H and O–H groups in total. The van der Waals surface area contributed by atoms with E-state index < -0.39 is 10.9 Å². The number of nitro benzene ring substituents is 1. The molecule has 1 aliphatic rings. The van der Waals surface area contributed by atoms with E-state index in [-0.39, 0.29) is 17.3 Å². The zero-order valence-corrected chi connectivity index (χ0v) is 19.8. The van der Waals surface area contributed by atoms with E-state index in [0.717, 1.165) is 0 Å². The van der Waals surface area contributed by atoms with Crippen LogP contribution >= 0.6 is 15.9 Å². The summed E-state index contributed by atoms with van der Waals surface area (Å²) in [5, 5.41) is 11.2. The Morgan fingerprint density at radius 3 is 2.66 bits per heavy atom. The van der Waals surface area contributed by atoms with E-state index in [4.69, 9.17) is 14.2 Å². The first-order valence-corrected chi connectivity index (χ1v) is 10.9. The zero-order chi connectivity index (χ0) is 23.4. The van der Waals surface area contributed by atoms with Gasteiger partial charge in [0.25, 0.3) is 5.69 Å². The molecule has 0 unspecified atom stereocenters. The van der Waals surface area contributed by atoms with Gasteiger partial charge in [-0.1, -0.05) is 19.9 Å². The van der Waals surface area contributed by atoms with Gasteiger partial charge in [-0.2, -0.15) is 0 Å². The molecule has 0 aliphatic carbocycles. The molecule has 168 valence electrons. The number of ether oxygens (including phenoxy) is 3. The number of nitrogens with zero attached hydrogens (tertiary/aromatic N) is 2. The largest absolute Gasteiger partial charge is 0.490 e. The van der Waals surface area contributed by atoms with Crippen LogP contribution in [-0.4, -0.2) is 30.0 Å². The van der Waals surface area contributed by atoms with E-state index in [9.17, 15) is 14.9 Å².